The fraction of sp³-hybridized carbons (Fsp3) is 0.167. The molecule has 4 heteroatoms. The van der Waals surface area contributed by atoms with Gasteiger partial charge < -0.3 is 4.42 Å². The quantitative estimate of drug-likeness (QED) is 0.450. The summed E-state index contributed by atoms with van der Waals surface area (Å²) in [6, 6.07) is 13.8. The molecule has 0 spiro atoms. The van der Waals surface area contributed by atoms with Crippen LogP contribution in [0.5, 0.6) is 0 Å². The Kier molecular flexibility index (Phi) is 4.41. The average Bonchev–Trinajstić information content (AvgIpc) is 2.48. The molecule has 1 aromatic heterocycles. The molecule has 0 radical (unpaired) electrons. The highest BCUT2D eigenvalue weighted by atomic mass is 79.9. The maximum atomic E-state index is 11.8. The van der Waals surface area contributed by atoms with Gasteiger partial charge in [-0.2, -0.15) is 0 Å². The zero-order valence-corrected chi connectivity index (χ0v) is 14.8. The number of hydrogen-bond acceptors (Lipinski definition) is 3. The maximum absolute atomic E-state index is 11.8. The predicted octanol–water partition coefficient (Wildman–Crippen LogP) is 5.46. The molecule has 2 aromatic carbocycles. The third-order valence-electron chi connectivity index (χ3n) is 3.65. The third kappa shape index (κ3) is 3.28. The van der Waals surface area contributed by atoms with Gasteiger partial charge in [0.15, 0.2) is 0 Å². The summed E-state index contributed by atoms with van der Waals surface area (Å²) in [5.41, 5.74) is 3.73. The molecule has 0 aliphatic heterocycles. The predicted molar refractivity (Wildman–Crippen MR) is 95.7 cm³/mol. The van der Waals surface area contributed by atoms with Gasteiger partial charge >= 0.3 is 5.63 Å². The molecule has 0 N–H and O–H groups in total. The van der Waals surface area contributed by atoms with Gasteiger partial charge in [0.1, 0.15) is 5.58 Å². The highest BCUT2D eigenvalue weighted by molar-refractivity contribution is 9.10. The molecule has 0 fully saturated rings. The van der Waals surface area contributed by atoms with Crippen molar-refractivity contribution in [2.75, 3.05) is 0 Å². The van der Waals surface area contributed by atoms with Crippen molar-refractivity contribution in [2.45, 2.75) is 24.5 Å². The number of rotatable bonds is 3. The van der Waals surface area contributed by atoms with Crippen LogP contribution in [0.2, 0.25) is 0 Å². The number of fused-ring (bicyclic) bond motifs is 1. The van der Waals surface area contributed by atoms with E-state index in [4.69, 9.17) is 4.42 Å². The van der Waals surface area contributed by atoms with Gasteiger partial charge in [0, 0.05) is 26.6 Å². The van der Waals surface area contributed by atoms with Crippen molar-refractivity contribution in [1.82, 2.24) is 0 Å². The lowest BCUT2D eigenvalue weighted by molar-refractivity contribution is 0.559. The van der Waals surface area contributed by atoms with Crippen molar-refractivity contribution in [1.29, 1.82) is 0 Å². The standard InChI is InChI=1S/C18H15BrO2S/c1-11-7-16-13(9-18(20)21-17(16)8-12(11)2)10-22-15-5-3-14(19)4-6-15/h3-9H,10H2,1-2H3. The SMILES string of the molecule is Cc1cc2oc(=O)cc(CSc3ccc(Br)cc3)c2cc1C. The van der Waals surface area contributed by atoms with Gasteiger partial charge in [-0.15, -0.1) is 11.8 Å². The normalized spacial score (nSPS) is 11.0. The Morgan fingerprint density at radius 3 is 2.45 bits per heavy atom. The zero-order chi connectivity index (χ0) is 15.7. The van der Waals surface area contributed by atoms with Crippen LogP contribution in [-0.2, 0) is 5.75 Å². The number of hydrogen-bond donors (Lipinski definition) is 0. The topological polar surface area (TPSA) is 30.2 Å². The number of halogens is 1. The molecule has 112 valence electrons. The Balaban J connectivity index is 1.97. The van der Waals surface area contributed by atoms with Gasteiger partial charge in [-0.05, 0) is 66.9 Å². The minimum absolute atomic E-state index is 0.290. The summed E-state index contributed by atoms with van der Waals surface area (Å²) in [6.45, 7) is 4.10. The van der Waals surface area contributed by atoms with Crippen LogP contribution >= 0.6 is 27.7 Å². The molecule has 0 bridgehead atoms. The fourth-order valence-corrected chi connectivity index (χ4v) is 3.45. The van der Waals surface area contributed by atoms with E-state index in [-0.39, 0.29) is 5.63 Å². The second-order valence-electron chi connectivity index (χ2n) is 5.27. The van der Waals surface area contributed by atoms with E-state index in [9.17, 15) is 4.79 Å². The molecule has 2 nitrogen and oxygen atoms in total. The van der Waals surface area contributed by atoms with Gasteiger partial charge in [-0.25, -0.2) is 4.79 Å². The van der Waals surface area contributed by atoms with E-state index in [0.29, 0.717) is 5.58 Å². The Morgan fingerprint density at radius 2 is 1.73 bits per heavy atom. The monoisotopic (exact) mass is 374 g/mol. The Labute approximate surface area is 141 Å². The van der Waals surface area contributed by atoms with E-state index in [1.165, 1.54) is 10.5 Å². The smallest absolute Gasteiger partial charge is 0.336 e. The molecular weight excluding hydrogens is 360 g/mol. The minimum atomic E-state index is -0.290. The average molecular weight is 375 g/mol. The summed E-state index contributed by atoms with van der Waals surface area (Å²) in [7, 11) is 0. The van der Waals surface area contributed by atoms with Crippen LogP contribution in [0.25, 0.3) is 11.0 Å². The van der Waals surface area contributed by atoms with E-state index in [1.54, 1.807) is 17.8 Å². The van der Waals surface area contributed by atoms with Crippen LogP contribution in [0.1, 0.15) is 16.7 Å². The van der Waals surface area contributed by atoms with E-state index < -0.39 is 0 Å². The molecule has 22 heavy (non-hydrogen) atoms. The first-order valence-electron chi connectivity index (χ1n) is 6.95. The fourth-order valence-electron chi connectivity index (χ4n) is 2.29. The second kappa shape index (κ2) is 6.31. The highest BCUT2D eigenvalue weighted by Crippen LogP contribution is 2.28. The van der Waals surface area contributed by atoms with Crippen molar-refractivity contribution in [3.63, 3.8) is 0 Å². The number of benzene rings is 2. The van der Waals surface area contributed by atoms with E-state index >= 15 is 0 Å². The summed E-state index contributed by atoms with van der Waals surface area (Å²) < 4.78 is 6.40. The van der Waals surface area contributed by atoms with Crippen LogP contribution in [0.15, 0.2) is 61.0 Å². The molecule has 0 unspecified atom stereocenters. The van der Waals surface area contributed by atoms with E-state index in [1.807, 2.05) is 25.1 Å². The first kappa shape index (κ1) is 15.4. The minimum Gasteiger partial charge on any atom is -0.423 e. The maximum Gasteiger partial charge on any atom is 0.336 e. The lowest BCUT2D eigenvalue weighted by Crippen LogP contribution is -2.00. The Morgan fingerprint density at radius 1 is 1.05 bits per heavy atom. The molecule has 3 rings (SSSR count). The summed E-state index contributed by atoms with van der Waals surface area (Å²) in [6.07, 6.45) is 0. The third-order valence-corrected chi connectivity index (χ3v) is 5.24. The first-order chi connectivity index (χ1) is 10.5. The molecule has 0 aliphatic carbocycles. The van der Waals surface area contributed by atoms with Crippen LogP contribution < -0.4 is 5.63 Å². The second-order valence-corrected chi connectivity index (χ2v) is 7.23. The van der Waals surface area contributed by atoms with E-state index in [2.05, 4.69) is 41.1 Å². The van der Waals surface area contributed by atoms with Crippen LogP contribution in [0, 0.1) is 13.8 Å². The van der Waals surface area contributed by atoms with Crippen molar-refractivity contribution < 1.29 is 4.42 Å². The lowest BCUT2D eigenvalue weighted by atomic mass is 10.0. The van der Waals surface area contributed by atoms with Gasteiger partial charge in [-0.1, -0.05) is 15.9 Å². The molecule has 0 amide bonds. The molecule has 0 saturated heterocycles. The van der Waals surface area contributed by atoms with Crippen molar-refractivity contribution in [3.8, 4) is 0 Å². The Hall–Kier alpha value is -1.52. The highest BCUT2D eigenvalue weighted by Gasteiger charge is 2.08. The lowest BCUT2D eigenvalue weighted by Gasteiger charge is -2.08. The molecule has 0 aliphatic rings. The first-order valence-corrected chi connectivity index (χ1v) is 8.73. The van der Waals surface area contributed by atoms with Crippen LogP contribution in [0.4, 0.5) is 0 Å². The summed E-state index contributed by atoms with van der Waals surface area (Å²) >= 11 is 5.15. The molecular formula is C18H15BrO2S. The summed E-state index contributed by atoms with van der Waals surface area (Å²) in [5, 5.41) is 1.02. The van der Waals surface area contributed by atoms with Gasteiger partial charge in [0.05, 0.1) is 0 Å². The van der Waals surface area contributed by atoms with Crippen molar-refractivity contribution in [2.24, 2.45) is 0 Å². The summed E-state index contributed by atoms with van der Waals surface area (Å²) in [4.78, 5) is 12.9. The largest absolute Gasteiger partial charge is 0.423 e. The van der Waals surface area contributed by atoms with Crippen LogP contribution in [-0.4, -0.2) is 0 Å². The van der Waals surface area contributed by atoms with E-state index in [0.717, 1.165) is 26.7 Å². The number of thioether (sulfide) groups is 1. The molecule has 3 aromatic rings. The summed E-state index contributed by atoms with van der Waals surface area (Å²) in [5.74, 6) is 0.742. The van der Waals surface area contributed by atoms with Crippen molar-refractivity contribution >= 4 is 38.7 Å². The zero-order valence-electron chi connectivity index (χ0n) is 12.4. The number of aryl methyl sites for hydroxylation is 2. The van der Waals surface area contributed by atoms with Crippen molar-refractivity contribution in [3.05, 3.63) is 74.0 Å². The molecule has 1 heterocycles. The van der Waals surface area contributed by atoms with Gasteiger partial charge in [0.25, 0.3) is 0 Å². The Bertz CT molecular complexity index is 882. The molecule has 0 atom stereocenters. The molecule has 0 saturated carbocycles. The van der Waals surface area contributed by atoms with Crippen LogP contribution in [0.3, 0.4) is 0 Å². The van der Waals surface area contributed by atoms with Gasteiger partial charge in [0.2, 0.25) is 0 Å². The van der Waals surface area contributed by atoms with Gasteiger partial charge in [-0.3, -0.25) is 0 Å².